The number of nitrogens with zero attached hydrogens (tertiary/aromatic N) is 3. The van der Waals surface area contributed by atoms with E-state index in [1.165, 1.54) is 6.33 Å². The Kier molecular flexibility index (Phi) is 4.64. The molecule has 0 radical (unpaired) electrons. The van der Waals surface area contributed by atoms with Crippen LogP contribution < -0.4 is 4.74 Å². The van der Waals surface area contributed by atoms with Crippen molar-refractivity contribution in [2.24, 2.45) is 0 Å². The molecule has 152 valence electrons. The molecule has 1 amide bonds. The van der Waals surface area contributed by atoms with Crippen molar-refractivity contribution in [3.05, 3.63) is 47.3 Å². The molecule has 8 heteroatoms. The van der Waals surface area contributed by atoms with Crippen molar-refractivity contribution in [2.75, 3.05) is 6.54 Å². The molecule has 0 aliphatic carbocycles. The molecule has 2 aromatic heterocycles. The first-order valence-electron chi connectivity index (χ1n) is 9.47. The maximum absolute atomic E-state index is 14.9. The Morgan fingerprint density at radius 1 is 1.28 bits per heavy atom. The number of halogens is 1. The molecule has 1 aliphatic heterocycles. The number of aromatic nitrogens is 3. The first-order chi connectivity index (χ1) is 13.7. The zero-order valence-corrected chi connectivity index (χ0v) is 16.9. The summed E-state index contributed by atoms with van der Waals surface area (Å²) in [4.78, 5) is 25.5. The van der Waals surface area contributed by atoms with Crippen LogP contribution in [0.2, 0.25) is 0 Å². The first-order valence-corrected chi connectivity index (χ1v) is 9.47. The lowest BCUT2D eigenvalue weighted by atomic mass is 10.1. The second kappa shape index (κ2) is 7.02. The number of aryl methyl sites for hydroxylation is 1. The molecule has 1 aliphatic rings. The highest BCUT2D eigenvalue weighted by Crippen LogP contribution is 2.33. The van der Waals surface area contributed by atoms with Crippen LogP contribution in [0.4, 0.5) is 9.18 Å². The van der Waals surface area contributed by atoms with Gasteiger partial charge in [-0.3, -0.25) is 0 Å². The van der Waals surface area contributed by atoms with Crippen LogP contribution in [0.3, 0.4) is 0 Å². The number of carbonyl (C=O) groups excluding carboxylic acids is 1. The van der Waals surface area contributed by atoms with Gasteiger partial charge in [-0.15, -0.1) is 0 Å². The Hall–Kier alpha value is -3.16. The summed E-state index contributed by atoms with van der Waals surface area (Å²) in [6.45, 7) is 8.10. The molecule has 4 rings (SSSR count). The van der Waals surface area contributed by atoms with Gasteiger partial charge in [-0.25, -0.2) is 19.2 Å². The summed E-state index contributed by atoms with van der Waals surface area (Å²) in [5.74, 6) is -0.0262. The van der Waals surface area contributed by atoms with Crippen LogP contribution in [-0.4, -0.2) is 38.1 Å². The number of carbonyl (C=O) groups is 1. The predicted octanol–water partition coefficient (Wildman–Crippen LogP) is 4.49. The topological polar surface area (TPSA) is 80.3 Å². The van der Waals surface area contributed by atoms with Crippen molar-refractivity contribution < 1.29 is 18.7 Å². The second-order valence-corrected chi connectivity index (χ2v) is 8.15. The lowest BCUT2D eigenvalue weighted by molar-refractivity contribution is 0.0219. The summed E-state index contributed by atoms with van der Waals surface area (Å²) in [6.07, 6.45) is 1.48. The van der Waals surface area contributed by atoms with Gasteiger partial charge in [0.25, 0.3) is 0 Å². The van der Waals surface area contributed by atoms with Crippen molar-refractivity contribution in [1.29, 1.82) is 0 Å². The zero-order valence-electron chi connectivity index (χ0n) is 16.9. The summed E-state index contributed by atoms with van der Waals surface area (Å²) >= 11 is 0. The van der Waals surface area contributed by atoms with Gasteiger partial charge in [0, 0.05) is 28.7 Å². The average Bonchev–Trinajstić information content (AvgIpc) is 3.04. The number of aromatic amines is 1. The van der Waals surface area contributed by atoms with Crippen molar-refractivity contribution in [3.63, 3.8) is 0 Å². The molecule has 0 bridgehead atoms. The minimum atomic E-state index is -0.565. The van der Waals surface area contributed by atoms with Gasteiger partial charge in [0.05, 0.1) is 12.2 Å². The van der Waals surface area contributed by atoms with E-state index in [0.29, 0.717) is 42.0 Å². The quantitative estimate of drug-likeness (QED) is 0.688. The van der Waals surface area contributed by atoms with E-state index in [4.69, 9.17) is 9.47 Å². The Balaban J connectivity index is 1.58. The molecule has 1 N–H and O–H groups in total. The highest BCUT2D eigenvalue weighted by atomic mass is 19.1. The standard InChI is InChI=1S/C21H23FN4O3/c1-12-9-14-15(25-12)5-6-17(18(14)22)28-19-13-7-8-26(10-16(13)23-11-24-19)20(27)29-21(2,3)4/h5-6,9,11,25H,7-8,10H2,1-4H3. The summed E-state index contributed by atoms with van der Waals surface area (Å²) in [7, 11) is 0. The fourth-order valence-corrected chi connectivity index (χ4v) is 3.37. The maximum Gasteiger partial charge on any atom is 0.410 e. The lowest BCUT2D eigenvalue weighted by Crippen LogP contribution is -2.40. The average molecular weight is 398 g/mol. The molecular formula is C21H23FN4O3. The highest BCUT2D eigenvalue weighted by molar-refractivity contribution is 5.82. The number of amides is 1. The van der Waals surface area contributed by atoms with E-state index in [-0.39, 0.29) is 11.8 Å². The van der Waals surface area contributed by atoms with E-state index >= 15 is 0 Å². The number of hydrogen-bond acceptors (Lipinski definition) is 5. The molecule has 29 heavy (non-hydrogen) atoms. The van der Waals surface area contributed by atoms with Crippen LogP contribution >= 0.6 is 0 Å². The minimum Gasteiger partial charge on any atom is -0.444 e. The fraction of sp³-hybridized carbons (Fsp3) is 0.381. The summed E-state index contributed by atoms with van der Waals surface area (Å²) in [5.41, 5.74) is 2.47. The molecule has 0 atom stereocenters. The number of nitrogens with one attached hydrogen (secondary N) is 1. The largest absolute Gasteiger partial charge is 0.444 e. The van der Waals surface area contributed by atoms with Gasteiger partial charge in [-0.1, -0.05) is 0 Å². The van der Waals surface area contributed by atoms with Crippen LogP contribution in [0.15, 0.2) is 24.5 Å². The van der Waals surface area contributed by atoms with Crippen LogP contribution in [0.25, 0.3) is 10.9 Å². The number of fused-ring (bicyclic) bond motifs is 2. The van der Waals surface area contributed by atoms with E-state index in [1.807, 2.05) is 27.7 Å². The molecule has 0 spiro atoms. The zero-order chi connectivity index (χ0) is 20.8. The first kappa shape index (κ1) is 19.2. The van der Waals surface area contributed by atoms with E-state index in [1.54, 1.807) is 23.1 Å². The van der Waals surface area contributed by atoms with Gasteiger partial charge >= 0.3 is 6.09 Å². The van der Waals surface area contributed by atoms with Gasteiger partial charge < -0.3 is 19.4 Å². The normalized spacial score (nSPS) is 14.0. The van der Waals surface area contributed by atoms with Gasteiger partial charge in [-0.2, -0.15) is 0 Å². The highest BCUT2D eigenvalue weighted by Gasteiger charge is 2.28. The molecule has 0 saturated heterocycles. The third-order valence-electron chi connectivity index (χ3n) is 4.66. The number of rotatable bonds is 2. The maximum atomic E-state index is 14.9. The SMILES string of the molecule is Cc1cc2c(F)c(Oc3ncnc4c3CCN(C(=O)OC(C)(C)C)C4)ccc2[nH]1. The van der Waals surface area contributed by atoms with Gasteiger partial charge in [0.2, 0.25) is 5.88 Å². The summed E-state index contributed by atoms with van der Waals surface area (Å²) < 4.78 is 26.1. The molecule has 3 heterocycles. The van der Waals surface area contributed by atoms with E-state index in [2.05, 4.69) is 15.0 Å². The predicted molar refractivity (Wildman–Crippen MR) is 105 cm³/mol. The third kappa shape index (κ3) is 3.87. The lowest BCUT2D eigenvalue weighted by Gasteiger charge is -2.30. The fourth-order valence-electron chi connectivity index (χ4n) is 3.37. The van der Waals surface area contributed by atoms with E-state index < -0.39 is 11.4 Å². The van der Waals surface area contributed by atoms with Gasteiger partial charge in [0.1, 0.15) is 11.9 Å². The summed E-state index contributed by atoms with van der Waals surface area (Å²) in [5, 5.41) is 0.471. The van der Waals surface area contributed by atoms with Crippen molar-refractivity contribution in [2.45, 2.75) is 46.3 Å². The van der Waals surface area contributed by atoms with Crippen molar-refractivity contribution in [3.8, 4) is 11.6 Å². The minimum absolute atomic E-state index is 0.104. The van der Waals surface area contributed by atoms with Crippen molar-refractivity contribution in [1.82, 2.24) is 19.9 Å². The molecule has 7 nitrogen and oxygen atoms in total. The monoisotopic (exact) mass is 398 g/mol. The van der Waals surface area contributed by atoms with Crippen molar-refractivity contribution >= 4 is 17.0 Å². The Bertz CT molecular complexity index is 1090. The van der Waals surface area contributed by atoms with Gasteiger partial charge in [-0.05, 0) is 52.3 Å². The van der Waals surface area contributed by atoms with E-state index in [9.17, 15) is 9.18 Å². The van der Waals surface area contributed by atoms with Crippen LogP contribution in [0.1, 0.15) is 37.7 Å². The molecular weight excluding hydrogens is 375 g/mol. The molecule has 1 aromatic carbocycles. The smallest absolute Gasteiger partial charge is 0.410 e. The number of hydrogen-bond donors (Lipinski definition) is 1. The molecule has 0 saturated carbocycles. The van der Waals surface area contributed by atoms with E-state index in [0.717, 1.165) is 11.3 Å². The molecule has 0 fully saturated rings. The third-order valence-corrected chi connectivity index (χ3v) is 4.66. The molecule has 0 unspecified atom stereocenters. The Labute approximate surface area is 167 Å². The number of benzene rings is 1. The van der Waals surface area contributed by atoms with Gasteiger partial charge in [0.15, 0.2) is 11.6 Å². The molecule has 3 aromatic rings. The Morgan fingerprint density at radius 3 is 2.83 bits per heavy atom. The van der Waals surface area contributed by atoms with Crippen LogP contribution in [-0.2, 0) is 17.7 Å². The van der Waals surface area contributed by atoms with Crippen LogP contribution in [0, 0.1) is 12.7 Å². The number of H-pyrrole nitrogens is 1. The Morgan fingerprint density at radius 2 is 2.07 bits per heavy atom. The summed E-state index contributed by atoms with van der Waals surface area (Å²) in [6, 6.07) is 5.10. The second-order valence-electron chi connectivity index (χ2n) is 8.15. The van der Waals surface area contributed by atoms with Crippen LogP contribution in [0.5, 0.6) is 11.6 Å². The number of ether oxygens (including phenoxy) is 2.